The van der Waals surface area contributed by atoms with Gasteiger partial charge in [-0.2, -0.15) is 4.68 Å². The Labute approximate surface area is 149 Å². The molecular formula is C16H11N3O6S. The summed E-state index contributed by atoms with van der Waals surface area (Å²) in [6.07, 6.45) is 1.51. The van der Waals surface area contributed by atoms with Crippen LogP contribution < -0.4 is 5.76 Å². The van der Waals surface area contributed by atoms with Crippen LogP contribution >= 0.6 is 11.3 Å². The van der Waals surface area contributed by atoms with Crippen molar-refractivity contribution in [3.05, 3.63) is 58.2 Å². The fourth-order valence-corrected chi connectivity index (χ4v) is 2.79. The molecule has 4 aromatic rings. The van der Waals surface area contributed by atoms with E-state index in [2.05, 4.69) is 10.3 Å². The standard InChI is InChI=1S/C16H11N3O6S/c20-14(8-19-16(21)24-15(17-19)13-4-2-6-26-13)23-9-10-7-12(25-18-10)11-3-1-5-22-11/h1-7H,8-9H2. The number of aromatic nitrogens is 3. The fourth-order valence-electron chi connectivity index (χ4n) is 2.14. The maximum Gasteiger partial charge on any atom is 0.437 e. The van der Waals surface area contributed by atoms with Crippen LogP contribution in [-0.2, 0) is 22.7 Å². The van der Waals surface area contributed by atoms with E-state index in [1.165, 1.54) is 17.6 Å². The number of hydrogen-bond acceptors (Lipinski definition) is 9. The molecule has 0 aromatic carbocycles. The van der Waals surface area contributed by atoms with E-state index in [4.69, 9.17) is 18.1 Å². The van der Waals surface area contributed by atoms with Gasteiger partial charge in [-0.3, -0.25) is 4.79 Å². The second-order valence-corrected chi connectivity index (χ2v) is 6.08. The monoisotopic (exact) mass is 373 g/mol. The molecule has 0 atom stereocenters. The van der Waals surface area contributed by atoms with Crippen LogP contribution in [0.15, 0.2) is 60.1 Å². The lowest BCUT2D eigenvalue weighted by molar-refractivity contribution is -0.146. The van der Waals surface area contributed by atoms with Crippen LogP contribution in [0.5, 0.6) is 0 Å². The number of rotatable bonds is 6. The Hall–Kier alpha value is -3.40. The molecule has 4 aromatic heterocycles. The molecule has 0 aliphatic carbocycles. The lowest BCUT2D eigenvalue weighted by Gasteiger charge is -2.00. The van der Waals surface area contributed by atoms with Crippen molar-refractivity contribution in [2.45, 2.75) is 13.2 Å². The number of carbonyl (C=O) groups excluding carboxylic acids is 1. The lowest BCUT2D eigenvalue weighted by Crippen LogP contribution is -2.22. The number of ether oxygens (including phenoxy) is 1. The maximum absolute atomic E-state index is 11.9. The van der Waals surface area contributed by atoms with Crippen LogP contribution in [0.1, 0.15) is 5.69 Å². The van der Waals surface area contributed by atoms with Crippen molar-refractivity contribution in [2.75, 3.05) is 0 Å². The molecule has 9 nitrogen and oxygen atoms in total. The van der Waals surface area contributed by atoms with Crippen molar-refractivity contribution in [1.82, 2.24) is 14.9 Å². The van der Waals surface area contributed by atoms with Crippen LogP contribution in [0.25, 0.3) is 22.3 Å². The molecule has 10 heteroatoms. The first-order chi connectivity index (χ1) is 12.7. The normalized spacial score (nSPS) is 10.9. The third-order valence-electron chi connectivity index (χ3n) is 3.32. The van der Waals surface area contributed by atoms with Gasteiger partial charge in [0.2, 0.25) is 5.76 Å². The van der Waals surface area contributed by atoms with Gasteiger partial charge < -0.3 is 18.1 Å². The van der Waals surface area contributed by atoms with Crippen molar-refractivity contribution in [3.8, 4) is 22.3 Å². The average Bonchev–Trinajstić information content (AvgIpc) is 3.41. The number of thiophene rings is 1. The Morgan fingerprint density at radius 3 is 2.96 bits per heavy atom. The molecule has 0 unspecified atom stereocenters. The van der Waals surface area contributed by atoms with Gasteiger partial charge in [-0.25, -0.2) is 4.79 Å². The van der Waals surface area contributed by atoms with E-state index in [0.29, 0.717) is 22.1 Å². The van der Waals surface area contributed by atoms with Gasteiger partial charge in [0.15, 0.2) is 5.76 Å². The molecule has 0 amide bonds. The van der Waals surface area contributed by atoms with Gasteiger partial charge >= 0.3 is 11.7 Å². The predicted molar refractivity (Wildman–Crippen MR) is 88.1 cm³/mol. The molecule has 0 fully saturated rings. The van der Waals surface area contributed by atoms with Crippen LogP contribution in [0, 0.1) is 0 Å². The molecule has 0 aliphatic heterocycles. The van der Waals surface area contributed by atoms with Crippen molar-refractivity contribution >= 4 is 17.3 Å². The molecule has 0 radical (unpaired) electrons. The summed E-state index contributed by atoms with van der Waals surface area (Å²) in [4.78, 5) is 24.4. The van der Waals surface area contributed by atoms with E-state index >= 15 is 0 Å². The first-order valence-corrected chi connectivity index (χ1v) is 8.34. The molecule has 132 valence electrons. The average molecular weight is 373 g/mol. The number of carbonyl (C=O) groups is 1. The van der Waals surface area contributed by atoms with Gasteiger partial charge in [-0.1, -0.05) is 11.2 Å². The Balaban J connectivity index is 1.37. The molecule has 4 rings (SSSR count). The Kier molecular flexibility index (Phi) is 4.23. The van der Waals surface area contributed by atoms with Crippen LogP contribution in [0.3, 0.4) is 0 Å². The second-order valence-electron chi connectivity index (χ2n) is 5.13. The number of hydrogen-bond donors (Lipinski definition) is 0. The van der Waals surface area contributed by atoms with E-state index in [1.54, 1.807) is 24.3 Å². The SMILES string of the molecule is O=C(Cn1nc(-c2cccs2)oc1=O)OCc1cc(-c2ccco2)on1. The van der Waals surface area contributed by atoms with E-state index in [1.807, 2.05) is 11.4 Å². The van der Waals surface area contributed by atoms with E-state index in [-0.39, 0.29) is 19.0 Å². The van der Waals surface area contributed by atoms with Crippen molar-refractivity contribution in [3.63, 3.8) is 0 Å². The second kappa shape index (κ2) is 6.84. The van der Waals surface area contributed by atoms with Gasteiger partial charge in [0, 0.05) is 6.07 Å². The fraction of sp³-hybridized carbons (Fsp3) is 0.125. The first-order valence-electron chi connectivity index (χ1n) is 7.46. The molecule has 0 spiro atoms. The van der Waals surface area contributed by atoms with Crippen LogP contribution in [0.2, 0.25) is 0 Å². The first kappa shape index (κ1) is 16.1. The molecule has 0 saturated heterocycles. The van der Waals surface area contributed by atoms with Gasteiger partial charge in [-0.15, -0.1) is 16.4 Å². The summed E-state index contributed by atoms with van der Waals surface area (Å²) in [6, 6.07) is 8.61. The van der Waals surface area contributed by atoms with Gasteiger partial charge in [0.1, 0.15) is 18.8 Å². The number of furan rings is 1. The lowest BCUT2D eigenvalue weighted by atomic mass is 10.3. The minimum absolute atomic E-state index is 0.104. The van der Waals surface area contributed by atoms with E-state index < -0.39 is 11.7 Å². The summed E-state index contributed by atoms with van der Waals surface area (Å²) < 4.78 is 21.3. The Morgan fingerprint density at radius 2 is 2.19 bits per heavy atom. The smallest absolute Gasteiger partial charge is 0.437 e. The summed E-state index contributed by atoms with van der Waals surface area (Å²) in [6.45, 7) is -0.468. The summed E-state index contributed by atoms with van der Waals surface area (Å²) >= 11 is 1.37. The summed E-state index contributed by atoms with van der Waals surface area (Å²) in [5, 5.41) is 9.61. The molecular weight excluding hydrogens is 362 g/mol. The number of esters is 1. The predicted octanol–water partition coefficient (Wildman–Crippen LogP) is 2.56. The molecule has 26 heavy (non-hydrogen) atoms. The largest absolute Gasteiger partial charge is 0.461 e. The zero-order chi connectivity index (χ0) is 17.9. The van der Waals surface area contributed by atoms with Gasteiger partial charge in [0.05, 0.1) is 11.1 Å². The minimum atomic E-state index is -0.730. The minimum Gasteiger partial charge on any atom is -0.461 e. The maximum atomic E-state index is 11.9. The molecule has 4 heterocycles. The van der Waals surface area contributed by atoms with E-state index in [0.717, 1.165) is 4.68 Å². The molecule has 0 N–H and O–H groups in total. The third kappa shape index (κ3) is 3.35. The Bertz CT molecular complexity index is 1060. The van der Waals surface area contributed by atoms with Gasteiger partial charge in [0.25, 0.3) is 5.89 Å². The van der Waals surface area contributed by atoms with E-state index in [9.17, 15) is 9.59 Å². The highest BCUT2D eigenvalue weighted by molar-refractivity contribution is 7.13. The zero-order valence-corrected chi connectivity index (χ0v) is 14.0. The third-order valence-corrected chi connectivity index (χ3v) is 4.18. The highest BCUT2D eigenvalue weighted by atomic mass is 32.1. The molecule has 0 bridgehead atoms. The van der Waals surface area contributed by atoms with Crippen molar-refractivity contribution < 1.29 is 22.9 Å². The quantitative estimate of drug-likeness (QED) is 0.474. The summed E-state index contributed by atoms with van der Waals surface area (Å²) in [5.41, 5.74) is 0.413. The molecule has 0 aliphatic rings. The summed E-state index contributed by atoms with van der Waals surface area (Å²) in [7, 11) is 0. The van der Waals surface area contributed by atoms with Crippen molar-refractivity contribution in [1.29, 1.82) is 0 Å². The highest BCUT2D eigenvalue weighted by Gasteiger charge is 2.16. The van der Waals surface area contributed by atoms with Crippen LogP contribution in [-0.4, -0.2) is 20.9 Å². The van der Waals surface area contributed by atoms with Crippen molar-refractivity contribution in [2.24, 2.45) is 0 Å². The van der Waals surface area contributed by atoms with Gasteiger partial charge in [-0.05, 0) is 23.6 Å². The Morgan fingerprint density at radius 1 is 1.27 bits per heavy atom. The zero-order valence-electron chi connectivity index (χ0n) is 13.2. The number of nitrogens with zero attached hydrogens (tertiary/aromatic N) is 3. The summed E-state index contributed by atoms with van der Waals surface area (Å²) in [5.74, 6) is -0.273. The van der Waals surface area contributed by atoms with Crippen LogP contribution in [0.4, 0.5) is 0 Å². The molecule has 0 saturated carbocycles. The highest BCUT2D eigenvalue weighted by Crippen LogP contribution is 2.22. The topological polar surface area (TPSA) is 114 Å².